The van der Waals surface area contributed by atoms with Crippen molar-refractivity contribution in [3.05, 3.63) is 41.6 Å². The van der Waals surface area contributed by atoms with Gasteiger partial charge in [-0.1, -0.05) is 12.1 Å². The summed E-state index contributed by atoms with van der Waals surface area (Å²) in [5.41, 5.74) is 0.977. The molecule has 9 heteroatoms. The van der Waals surface area contributed by atoms with Crippen LogP contribution >= 0.6 is 0 Å². The lowest BCUT2D eigenvalue weighted by Gasteiger charge is -2.56. The highest BCUT2D eigenvalue weighted by Crippen LogP contribution is 2.59. The van der Waals surface area contributed by atoms with E-state index >= 15 is 0 Å². The van der Waals surface area contributed by atoms with Crippen LogP contribution in [0.15, 0.2) is 30.5 Å². The summed E-state index contributed by atoms with van der Waals surface area (Å²) in [4.78, 5) is 13.3. The van der Waals surface area contributed by atoms with E-state index in [0.29, 0.717) is 17.9 Å². The first-order valence-electron chi connectivity index (χ1n) is 12.6. The van der Waals surface area contributed by atoms with Crippen LogP contribution in [0, 0.1) is 23.2 Å². The number of ether oxygens (including phenoxy) is 1. The van der Waals surface area contributed by atoms with Gasteiger partial charge in [-0.15, -0.1) is 0 Å². The second-order valence-electron chi connectivity index (χ2n) is 11.2. The Hall–Kier alpha value is -2.71. The predicted molar refractivity (Wildman–Crippen MR) is 124 cm³/mol. The van der Waals surface area contributed by atoms with E-state index in [2.05, 4.69) is 15.7 Å². The highest BCUT2D eigenvalue weighted by molar-refractivity contribution is 5.99. The molecule has 1 aromatic heterocycles. The quantitative estimate of drug-likeness (QED) is 0.583. The number of alkyl halides is 3. The zero-order valence-corrected chi connectivity index (χ0v) is 19.8. The molecule has 4 fully saturated rings. The highest BCUT2D eigenvalue weighted by atomic mass is 19.4. The fraction of sp³-hybridized carbons (Fsp3) is 0.615. The third kappa shape index (κ3) is 4.06. The molecule has 2 heterocycles. The number of benzene rings is 1. The normalized spacial score (nSPS) is 33.2. The van der Waals surface area contributed by atoms with E-state index in [4.69, 9.17) is 4.74 Å². The van der Waals surface area contributed by atoms with Gasteiger partial charge in [-0.2, -0.15) is 18.3 Å². The Labute approximate surface area is 202 Å². The minimum Gasteiger partial charge on any atom is -0.497 e. The van der Waals surface area contributed by atoms with Gasteiger partial charge in [-0.05, 0) is 79.4 Å². The smallest absolute Gasteiger partial charge is 0.410 e. The van der Waals surface area contributed by atoms with Crippen molar-refractivity contribution in [1.29, 1.82) is 0 Å². The van der Waals surface area contributed by atoms with Gasteiger partial charge >= 0.3 is 6.18 Å². The monoisotopic (exact) mass is 488 g/mol. The molecule has 35 heavy (non-hydrogen) atoms. The van der Waals surface area contributed by atoms with Gasteiger partial charge in [0.1, 0.15) is 17.1 Å². The zero-order valence-electron chi connectivity index (χ0n) is 19.8. The van der Waals surface area contributed by atoms with Crippen molar-refractivity contribution in [1.82, 2.24) is 15.1 Å². The summed E-state index contributed by atoms with van der Waals surface area (Å²) in [6, 6.07) is 4.55. The molecular formula is C26H31F3N4O2. The second-order valence-corrected chi connectivity index (χ2v) is 11.2. The lowest BCUT2D eigenvalue weighted by atomic mass is 9.49. The first kappa shape index (κ1) is 22.7. The Balaban J connectivity index is 1.25. The van der Waals surface area contributed by atoms with Gasteiger partial charge in [0.25, 0.3) is 5.91 Å². The van der Waals surface area contributed by atoms with Crippen LogP contribution in [-0.4, -0.2) is 35.5 Å². The summed E-state index contributed by atoms with van der Waals surface area (Å²) >= 11 is 0. The largest absolute Gasteiger partial charge is 0.497 e. The zero-order chi connectivity index (χ0) is 24.4. The van der Waals surface area contributed by atoms with Gasteiger partial charge < -0.3 is 15.4 Å². The van der Waals surface area contributed by atoms with Crippen molar-refractivity contribution in [2.75, 3.05) is 19.0 Å². The number of amides is 1. The van der Waals surface area contributed by atoms with Crippen LogP contribution < -0.4 is 15.4 Å². The molecule has 1 aliphatic heterocycles. The van der Waals surface area contributed by atoms with Crippen molar-refractivity contribution < 1.29 is 22.7 Å². The lowest BCUT2D eigenvalue weighted by Crippen LogP contribution is -2.51. The minimum atomic E-state index is -4.49. The molecule has 188 valence electrons. The van der Waals surface area contributed by atoms with Crippen LogP contribution in [0.1, 0.15) is 73.0 Å². The number of rotatable bonds is 5. The van der Waals surface area contributed by atoms with Gasteiger partial charge in [0.15, 0.2) is 6.04 Å². The van der Waals surface area contributed by atoms with Crippen molar-refractivity contribution in [3.8, 4) is 5.75 Å². The SMILES string of the molecule is COc1cccc(C2CC(C(F)(F)F)n3ncc(C(=O)NCC45CC6CC(CC(C6)C4)C5)c3N2)c1. The Morgan fingerprint density at radius 3 is 2.49 bits per heavy atom. The molecule has 2 aromatic rings. The maximum atomic E-state index is 14.0. The van der Waals surface area contributed by atoms with Gasteiger partial charge in [-0.3, -0.25) is 4.79 Å². The number of carbonyl (C=O) groups is 1. The first-order valence-corrected chi connectivity index (χ1v) is 12.6. The Bertz CT molecular complexity index is 1090. The summed E-state index contributed by atoms with van der Waals surface area (Å²) in [5, 5.41) is 10.3. The Morgan fingerprint density at radius 1 is 1.17 bits per heavy atom. The van der Waals surface area contributed by atoms with Crippen LogP contribution in [0.3, 0.4) is 0 Å². The fourth-order valence-electron chi connectivity index (χ4n) is 7.68. The van der Waals surface area contributed by atoms with Crippen molar-refractivity contribution in [3.63, 3.8) is 0 Å². The summed E-state index contributed by atoms with van der Waals surface area (Å²) < 4.78 is 48.2. The molecule has 5 aliphatic rings. The van der Waals surface area contributed by atoms with E-state index in [1.54, 1.807) is 24.3 Å². The second kappa shape index (κ2) is 8.17. The first-order chi connectivity index (χ1) is 16.7. The molecule has 6 nitrogen and oxygen atoms in total. The summed E-state index contributed by atoms with van der Waals surface area (Å²) in [7, 11) is 1.52. The average molecular weight is 489 g/mol. The molecule has 0 radical (unpaired) electrons. The molecule has 4 aliphatic carbocycles. The van der Waals surface area contributed by atoms with Crippen LogP contribution in [0.5, 0.6) is 5.75 Å². The molecule has 2 atom stereocenters. The van der Waals surface area contributed by atoms with Gasteiger partial charge in [-0.25, -0.2) is 4.68 Å². The molecule has 1 amide bonds. The number of halogens is 3. The molecule has 1 aromatic carbocycles. The van der Waals surface area contributed by atoms with Gasteiger partial charge in [0, 0.05) is 13.0 Å². The van der Waals surface area contributed by atoms with Crippen LogP contribution in [0.4, 0.5) is 19.0 Å². The maximum absolute atomic E-state index is 14.0. The Morgan fingerprint density at radius 2 is 1.86 bits per heavy atom. The fourth-order valence-corrected chi connectivity index (χ4v) is 7.68. The Kier molecular flexibility index (Phi) is 5.30. The molecule has 2 unspecified atom stereocenters. The molecule has 0 saturated heterocycles. The number of aromatic nitrogens is 2. The van der Waals surface area contributed by atoms with Crippen LogP contribution in [0.2, 0.25) is 0 Å². The number of nitrogens with one attached hydrogen (secondary N) is 2. The number of methoxy groups -OCH3 is 1. The third-order valence-corrected chi connectivity index (χ3v) is 8.77. The molecule has 2 N–H and O–H groups in total. The summed E-state index contributed by atoms with van der Waals surface area (Å²) in [6.07, 6.45) is 3.96. The molecule has 4 bridgehead atoms. The molecule has 0 spiro atoms. The van der Waals surface area contributed by atoms with E-state index in [9.17, 15) is 18.0 Å². The lowest BCUT2D eigenvalue weighted by molar-refractivity contribution is -0.173. The number of hydrogen-bond donors (Lipinski definition) is 2. The van der Waals surface area contributed by atoms with E-state index in [1.807, 2.05) is 0 Å². The number of anilines is 1. The van der Waals surface area contributed by atoms with E-state index in [-0.39, 0.29) is 29.1 Å². The average Bonchev–Trinajstić information content (AvgIpc) is 3.24. The number of hydrogen-bond acceptors (Lipinski definition) is 4. The minimum absolute atomic E-state index is 0.120. The van der Waals surface area contributed by atoms with Crippen molar-refractivity contribution in [2.24, 2.45) is 23.2 Å². The van der Waals surface area contributed by atoms with E-state index < -0.39 is 18.3 Å². The van der Waals surface area contributed by atoms with E-state index in [1.165, 1.54) is 32.6 Å². The number of nitrogens with zero attached hydrogens (tertiary/aromatic N) is 2. The standard InChI is InChI=1S/C26H31F3N4O2/c1-35-19-4-2-3-18(8-19)21-9-22(26(27,28)29)33-23(32-21)20(13-31-33)24(34)30-14-25-10-15-5-16(11-25)7-17(6-15)12-25/h2-4,8,13,15-17,21-22,32H,5-7,9-12,14H2,1H3,(H,30,34). The molecular weight excluding hydrogens is 457 g/mol. The van der Waals surface area contributed by atoms with Crippen molar-refractivity contribution >= 4 is 11.7 Å². The number of fused-ring (bicyclic) bond motifs is 1. The highest BCUT2D eigenvalue weighted by Gasteiger charge is 2.51. The summed E-state index contributed by atoms with van der Waals surface area (Å²) in [6.45, 7) is 0.585. The maximum Gasteiger partial charge on any atom is 0.410 e. The third-order valence-electron chi connectivity index (χ3n) is 8.77. The van der Waals surface area contributed by atoms with Crippen molar-refractivity contribution in [2.45, 2.75) is 63.2 Å². The van der Waals surface area contributed by atoms with Crippen LogP contribution in [0.25, 0.3) is 0 Å². The predicted octanol–water partition coefficient (Wildman–Crippen LogP) is 5.50. The topological polar surface area (TPSA) is 68.2 Å². The summed E-state index contributed by atoms with van der Waals surface area (Å²) in [5.74, 6) is 2.62. The van der Waals surface area contributed by atoms with E-state index in [0.717, 1.165) is 41.7 Å². The number of carbonyl (C=O) groups excluding carboxylic acids is 1. The molecule has 7 rings (SSSR count). The van der Waals surface area contributed by atoms with Gasteiger partial charge in [0.05, 0.1) is 19.3 Å². The molecule has 4 saturated carbocycles. The van der Waals surface area contributed by atoms with Crippen LogP contribution in [-0.2, 0) is 0 Å². The van der Waals surface area contributed by atoms with Gasteiger partial charge in [0.2, 0.25) is 0 Å².